The first-order valence-electron chi connectivity index (χ1n) is 10.7. The Morgan fingerprint density at radius 2 is 2.06 bits per heavy atom. The topological polar surface area (TPSA) is 90.7 Å². The second-order valence-electron chi connectivity index (χ2n) is 8.85. The van der Waals surface area contributed by atoms with Crippen LogP contribution in [0.5, 0.6) is 0 Å². The van der Waals surface area contributed by atoms with Crippen molar-refractivity contribution < 1.29 is 19.1 Å². The van der Waals surface area contributed by atoms with E-state index in [4.69, 9.17) is 26.8 Å². The zero-order valence-corrected chi connectivity index (χ0v) is 19.4. The lowest BCUT2D eigenvalue weighted by atomic mass is 9.68. The summed E-state index contributed by atoms with van der Waals surface area (Å²) in [6.45, 7) is 8.96. The number of ketones is 1. The van der Waals surface area contributed by atoms with Crippen molar-refractivity contribution in [3.63, 3.8) is 0 Å². The Morgan fingerprint density at radius 3 is 2.71 bits per heavy atom. The van der Waals surface area contributed by atoms with Gasteiger partial charge in [0.1, 0.15) is 0 Å². The Hall–Kier alpha value is -2.15. The third-order valence-electron chi connectivity index (χ3n) is 5.66. The van der Waals surface area contributed by atoms with E-state index in [9.17, 15) is 9.59 Å². The van der Waals surface area contributed by atoms with Gasteiger partial charge >= 0.3 is 5.97 Å². The van der Waals surface area contributed by atoms with Crippen LogP contribution in [0.25, 0.3) is 0 Å². The summed E-state index contributed by atoms with van der Waals surface area (Å²) in [6, 6.07) is 5.67. The van der Waals surface area contributed by atoms with Crippen molar-refractivity contribution in [2.45, 2.75) is 46.5 Å². The van der Waals surface area contributed by atoms with E-state index in [1.165, 1.54) is 0 Å². The van der Waals surface area contributed by atoms with Crippen LogP contribution in [-0.2, 0) is 19.1 Å². The zero-order chi connectivity index (χ0) is 22.8. The summed E-state index contributed by atoms with van der Waals surface area (Å²) in [5.74, 6) is -0.995. The molecule has 6 nitrogen and oxygen atoms in total. The number of nitrogens with one attached hydrogen (secondary N) is 1. The monoisotopic (exact) mass is 446 g/mol. The van der Waals surface area contributed by atoms with Crippen LogP contribution < -0.4 is 11.1 Å². The maximum Gasteiger partial charge on any atom is 0.336 e. The van der Waals surface area contributed by atoms with Crippen LogP contribution in [0, 0.1) is 12.3 Å². The minimum atomic E-state index is -0.562. The number of carbonyl (C=O) groups excluding carboxylic acids is 2. The number of dihydropyridines is 1. The lowest BCUT2D eigenvalue weighted by molar-refractivity contribution is -0.139. The van der Waals surface area contributed by atoms with E-state index in [-0.39, 0.29) is 24.4 Å². The van der Waals surface area contributed by atoms with Gasteiger partial charge in [-0.15, -0.1) is 0 Å². The summed E-state index contributed by atoms with van der Waals surface area (Å²) < 4.78 is 11.1. The van der Waals surface area contributed by atoms with Gasteiger partial charge in [-0.25, -0.2) is 4.79 Å². The molecule has 0 saturated heterocycles. The lowest BCUT2D eigenvalue weighted by Crippen LogP contribution is -2.40. The number of halogens is 1. The van der Waals surface area contributed by atoms with Crippen LogP contribution in [0.4, 0.5) is 0 Å². The van der Waals surface area contributed by atoms with E-state index in [1.807, 2.05) is 25.1 Å². The largest absolute Gasteiger partial charge is 0.463 e. The van der Waals surface area contributed by atoms with Gasteiger partial charge in [0.25, 0.3) is 0 Å². The summed E-state index contributed by atoms with van der Waals surface area (Å²) in [5, 5.41) is 3.94. The molecule has 1 aromatic rings. The second-order valence-corrected chi connectivity index (χ2v) is 9.26. The number of carbonyl (C=O) groups is 2. The average molecular weight is 447 g/mol. The molecule has 1 heterocycles. The van der Waals surface area contributed by atoms with Crippen LogP contribution in [0.1, 0.15) is 50.7 Å². The number of esters is 1. The normalized spacial score (nSPS) is 20.5. The highest BCUT2D eigenvalue weighted by Gasteiger charge is 2.43. The lowest BCUT2D eigenvalue weighted by Gasteiger charge is -2.40. The Bertz CT molecular complexity index is 949. The Balaban J connectivity index is 2.20. The first-order valence-corrected chi connectivity index (χ1v) is 11.0. The fourth-order valence-electron chi connectivity index (χ4n) is 4.29. The number of ether oxygens (including phenoxy) is 2. The predicted octanol–water partition coefficient (Wildman–Crippen LogP) is 3.77. The number of rotatable bonds is 7. The number of hydrogen-bond acceptors (Lipinski definition) is 6. The van der Waals surface area contributed by atoms with Crippen molar-refractivity contribution in [2.24, 2.45) is 11.1 Å². The van der Waals surface area contributed by atoms with E-state index in [2.05, 4.69) is 19.2 Å². The van der Waals surface area contributed by atoms with Crippen molar-refractivity contribution in [1.29, 1.82) is 0 Å². The van der Waals surface area contributed by atoms with Gasteiger partial charge in [-0.2, -0.15) is 0 Å². The molecule has 0 bridgehead atoms. The average Bonchev–Trinajstić information content (AvgIpc) is 2.68. The molecule has 1 aliphatic heterocycles. The molecule has 0 radical (unpaired) electrons. The van der Waals surface area contributed by atoms with Gasteiger partial charge in [-0.1, -0.05) is 37.6 Å². The van der Waals surface area contributed by atoms with E-state index in [0.717, 1.165) is 16.8 Å². The molecule has 0 amide bonds. The van der Waals surface area contributed by atoms with Gasteiger partial charge in [0, 0.05) is 35.2 Å². The van der Waals surface area contributed by atoms with Gasteiger partial charge in [0.2, 0.25) is 0 Å². The van der Waals surface area contributed by atoms with Crippen molar-refractivity contribution >= 4 is 23.4 Å². The zero-order valence-electron chi connectivity index (χ0n) is 18.6. The smallest absolute Gasteiger partial charge is 0.336 e. The minimum Gasteiger partial charge on any atom is -0.463 e. The van der Waals surface area contributed by atoms with E-state index < -0.39 is 11.9 Å². The molecule has 0 aromatic heterocycles. The van der Waals surface area contributed by atoms with E-state index in [1.54, 1.807) is 6.92 Å². The SMILES string of the molecule is CCOC(=O)C1=C(COCCN)NC2=C(C(=O)CC(C)(C)C2)C1c1ccc(C)c(Cl)c1. The highest BCUT2D eigenvalue weighted by atomic mass is 35.5. The first-order chi connectivity index (χ1) is 14.7. The molecular formula is C24H31ClN2O4. The highest BCUT2D eigenvalue weighted by Crippen LogP contribution is 2.47. The van der Waals surface area contributed by atoms with Crippen LogP contribution >= 0.6 is 11.6 Å². The Morgan fingerprint density at radius 1 is 1.32 bits per heavy atom. The van der Waals surface area contributed by atoms with Crippen LogP contribution in [0.2, 0.25) is 5.02 Å². The quantitative estimate of drug-likeness (QED) is 0.489. The van der Waals surface area contributed by atoms with E-state index in [0.29, 0.717) is 47.9 Å². The molecular weight excluding hydrogens is 416 g/mol. The molecule has 1 aliphatic carbocycles. The van der Waals surface area contributed by atoms with Gasteiger partial charge in [0.05, 0.1) is 31.1 Å². The van der Waals surface area contributed by atoms with Gasteiger partial charge < -0.3 is 20.5 Å². The molecule has 2 aliphatic rings. The van der Waals surface area contributed by atoms with Crippen molar-refractivity contribution in [3.8, 4) is 0 Å². The fraction of sp³-hybridized carbons (Fsp3) is 0.500. The maximum atomic E-state index is 13.3. The molecule has 0 fully saturated rings. The van der Waals surface area contributed by atoms with Crippen molar-refractivity contribution in [2.75, 3.05) is 26.4 Å². The third-order valence-corrected chi connectivity index (χ3v) is 6.06. The Labute approximate surface area is 188 Å². The summed E-state index contributed by atoms with van der Waals surface area (Å²) in [4.78, 5) is 26.4. The number of nitrogens with two attached hydrogens (primary N) is 1. The number of allylic oxidation sites excluding steroid dienone is 2. The summed E-state index contributed by atoms with van der Waals surface area (Å²) in [7, 11) is 0. The molecule has 168 valence electrons. The minimum absolute atomic E-state index is 0.0316. The van der Waals surface area contributed by atoms with Gasteiger partial charge in [0.15, 0.2) is 5.78 Å². The summed E-state index contributed by atoms with van der Waals surface area (Å²) in [5.41, 5.74) is 9.57. The maximum absolute atomic E-state index is 13.3. The van der Waals surface area contributed by atoms with Gasteiger partial charge in [-0.3, -0.25) is 4.79 Å². The standard InChI is InChI=1S/C24H31ClN2O4/c1-5-31-23(29)22-18(13-30-9-8-26)27-17-11-24(3,4)12-19(28)21(17)20(22)15-7-6-14(2)16(25)10-15/h6-7,10,20,27H,5,8-9,11-13,26H2,1-4H3. The summed E-state index contributed by atoms with van der Waals surface area (Å²) in [6.07, 6.45) is 1.11. The molecule has 0 spiro atoms. The number of aryl methyl sites for hydroxylation is 1. The highest BCUT2D eigenvalue weighted by molar-refractivity contribution is 6.31. The fourth-order valence-corrected chi connectivity index (χ4v) is 4.48. The second kappa shape index (κ2) is 9.55. The molecule has 31 heavy (non-hydrogen) atoms. The first kappa shape index (κ1) is 23.5. The van der Waals surface area contributed by atoms with Crippen LogP contribution in [-0.4, -0.2) is 38.1 Å². The molecule has 1 aromatic carbocycles. The van der Waals surface area contributed by atoms with Crippen LogP contribution in [0.15, 0.2) is 40.7 Å². The molecule has 3 rings (SSSR count). The van der Waals surface area contributed by atoms with Crippen molar-refractivity contribution in [1.82, 2.24) is 5.32 Å². The van der Waals surface area contributed by atoms with E-state index >= 15 is 0 Å². The third kappa shape index (κ3) is 5.03. The van der Waals surface area contributed by atoms with Gasteiger partial charge in [-0.05, 0) is 42.9 Å². The number of benzene rings is 1. The predicted molar refractivity (Wildman–Crippen MR) is 121 cm³/mol. The Kier molecular flexibility index (Phi) is 7.24. The summed E-state index contributed by atoms with van der Waals surface area (Å²) >= 11 is 6.43. The van der Waals surface area contributed by atoms with Crippen molar-refractivity contribution in [3.05, 3.63) is 56.9 Å². The molecule has 7 heteroatoms. The number of Topliss-reactive ketones (excluding diaryl/α,β-unsaturated/α-hetero) is 1. The molecule has 3 N–H and O–H groups in total. The molecule has 1 unspecified atom stereocenters. The number of hydrogen-bond donors (Lipinski definition) is 2. The molecule has 0 saturated carbocycles. The molecule has 1 atom stereocenters. The van der Waals surface area contributed by atoms with Crippen LogP contribution in [0.3, 0.4) is 0 Å².